The zero-order chi connectivity index (χ0) is 15.4. The van der Waals surface area contributed by atoms with Crippen LogP contribution in [-0.2, 0) is 6.42 Å². The summed E-state index contributed by atoms with van der Waals surface area (Å²) in [5, 5.41) is 6.49. The molecule has 1 heterocycles. The predicted octanol–water partition coefficient (Wildman–Crippen LogP) is 2.97. The number of nitrogens with zero attached hydrogens (tertiary/aromatic N) is 1. The molecule has 0 fully saturated rings. The van der Waals surface area contributed by atoms with Crippen molar-refractivity contribution in [3.63, 3.8) is 0 Å². The van der Waals surface area contributed by atoms with Crippen molar-refractivity contribution in [2.75, 3.05) is 12.4 Å². The molecule has 1 aromatic carbocycles. The fraction of sp³-hybridized carbons (Fsp3) is 0.214. The fourth-order valence-corrected chi connectivity index (χ4v) is 2.59. The van der Waals surface area contributed by atoms with Crippen LogP contribution >= 0.6 is 22.9 Å². The summed E-state index contributed by atoms with van der Waals surface area (Å²) in [6.45, 7) is 1.98. The molecule has 0 aliphatic heterocycles. The number of amides is 2. The number of nitrogens with one attached hydrogen (secondary N) is 2. The Morgan fingerprint density at radius 3 is 2.71 bits per heavy atom. The Kier molecular flexibility index (Phi) is 4.93. The Bertz CT molecular complexity index is 685. The number of carbonyl (C=O) groups excluding carboxylic acids is 2. The first-order valence-electron chi connectivity index (χ1n) is 6.32. The van der Waals surface area contributed by atoms with Gasteiger partial charge in [-0.3, -0.25) is 9.59 Å². The average Bonchev–Trinajstić information content (AvgIpc) is 2.97. The Morgan fingerprint density at radius 2 is 2.10 bits per heavy atom. The lowest BCUT2D eigenvalue weighted by molar-refractivity contribution is 0.0961. The summed E-state index contributed by atoms with van der Waals surface area (Å²) in [5.41, 5.74) is 0.824. The van der Waals surface area contributed by atoms with Crippen molar-refractivity contribution in [2.45, 2.75) is 13.3 Å². The van der Waals surface area contributed by atoms with Crippen LogP contribution in [-0.4, -0.2) is 23.8 Å². The lowest BCUT2D eigenvalue weighted by atomic mass is 10.2. The van der Waals surface area contributed by atoms with Gasteiger partial charge in [0.05, 0.1) is 21.9 Å². The van der Waals surface area contributed by atoms with Crippen LogP contribution in [0.1, 0.15) is 32.0 Å². The molecule has 2 aromatic rings. The summed E-state index contributed by atoms with van der Waals surface area (Å²) in [5.74, 6) is -0.531. The normalized spacial score (nSPS) is 10.2. The Morgan fingerprint density at radius 1 is 1.33 bits per heavy atom. The SMILES string of the molecule is CCc1ncc(C(=O)Nc2cc(C(=O)NC)ccc2Cl)s1. The van der Waals surface area contributed by atoms with Crippen molar-refractivity contribution >= 4 is 40.4 Å². The minimum Gasteiger partial charge on any atom is -0.355 e. The molecule has 0 aliphatic carbocycles. The first kappa shape index (κ1) is 15.5. The highest BCUT2D eigenvalue weighted by Crippen LogP contribution is 2.24. The number of anilines is 1. The largest absolute Gasteiger partial charge is 0.355 e. The Hall–Kier alpha value is -1.92. The summed E-state index contributed by atoms with van der Waals surface area (Å²) >= 11 is 7.39. The van der Waals surface area contributed by atoms with Gasteiger partial charge in [0, 0.05) is 12.6 Å². The quantitative estimate of drug-likeness (QED) is 0.908. The molecule has 0 aliphatic rings. The molecule has 0 bridgehead atoms. The summed E-state index contributed by atoms with van der Waals surface area (Å²) in [6, 6.07) is 4.71. The smallest absolute Gasteiger partial charge is 0.267 e. The van der Waals surface area contributed by atoms with E-state index >= 15 is 0 Å². The number of hydrogen-bond acceptors (Lipinski definition) is 4. The lowest BCUT2D eigenvalue weighted by Gasteiger charge is -2.08. The fourth-order valence-electron chi connectivity index (χ4n) is 1.67. The van der Waals surface area contributed by atoms with Crippen LogP contribution in [0.2, 0.25) is 5.02 Å². The molecule has 0 saturated heterocycles. The minimum absolute atomic E-state index is 0.242. The molecule has 2 N–H and O–H groups in total. The summed E-state index contributed by atoms with van der Waals surface area (Å²) < 4.78 is 0. The number of aromatic nitrogens is 1. The van der Waals surface area contributed by atoms with Crippen molar-refractivity contribution in [3.8, 4) is 0 Å². The maximum absolute atomic E-state index is 12.1. The third-order valence-corrected chi connectivity index (χ3v) is 4.25. The van der Waals surface area contributed by atoms with Gasteiger partial charge in [0.15, 0.2) is 0 Å². The van der Waals surface area contributed by atoms with Gasteiger partial charge in [0.2, 0.25) is 0 Å². The number of thiazole rings is 1. The lowest BCUT2D eigenvalue weighted by Crippen LogP contribution is -2.18. The highest BCUT2D eigenvalue weighted by atomic mass is 35.5. The van der Waals surface area contributed by atoms with Crippen LogP contribution in [0.5, 0.6) is 0 Å². The molecule has 1 aromatic heterocycles. The monoisotopic (exact) mass is 323 g/mol. The van der Waals surface area contributed by atoms with Crippen LogP contribution in [0.15, 0.2) is 24.4 Å². The van der Waals surface area contributed by atoms with Crippen LogP contribution in [0, 0.1) is 0 Å². The van der Waals surface area contributed by atoms with Crippen LogP contribution in [0.25, 0.3) is 0 Å². The number of hydrogen-bond donors (Lipinski definition) is 2. The van der Waals surface area contributed by atoms with E-state index in [1.54, 1.807) is 25.2 Å². The van der Waals surface area contributed by atoms with E-state index in [0.717, 1.165) is 11.4 Å². The van der Waals surface area contributed by atoms with E-state index in [2.05, 4.69) is 15.6 Å². The van der Waals surface area contributed by atoms with E-state index in [1.165, 1.54) is 17.5 Å². The Balaban J connectivity index is 2.22. The third kappa shape index (κ3) is 3.59. The van der Waals surface area contributed by atoms with E-state index < -0.39 is 0 Å². The van der Waals surface area contributed by atoms with Gasteiger partial charge < -0.3 is 10.6 Å². The van der Waals surface area contributed by atoms with E-state index in [1.807, 2.05) is 6.92 Å². The Labute approximate surface area is 131 Å². The van der Waals surface area contributed by atoms with E-state index in [9.17, 15) is 9.59 Å². The molecule has 5 nitrogen and oxygen atoms in total. The standard InChI is InChI=1S/C14H14ClN3O2S/c1-3-12-17-7-11(21-12)14(20)18-10-6-8(13(19)16-2)4-5-9(10)15/h4-7H,3H2,1-2H3,(H,16,19)(H,18,20). The van der Waals surface area contributed by atoms with Crippen LogP contribution < -0.4 is 10.6 Å². The molecule has 0 unspecified atom stereocenters. The second-order valence-electron chi connectivity index (χ2n) is 4.20. The first-order valence-corrected chi connectivity index (χ1v) is 7.52. The van der Waals surface area contributed by atoms with Crippen LogP contribution in [0.3, 0.4) is 0 Å². The minimum atomic E-state index is -0.289. The van der Waals surface area contributed by atoms with E-state index in [-0.39, 0.29) is 11.8 Å². The zero-order valence-corrected chi connectivity index (χ0v) is 13.1. The molecule has 7 heteroatoms. The van der Waals surface area contributed by atoms with Gasteiger partial charge in [-0.2, -0.15) is 0 Å². The first-order chi connectivity index (χ1) is 10.0. The topological polar surface area (TPSA) is 71.1 Å². The van der Waals surface area contributed by atoms with Gasteiger partial charge in [-0.1, -0.05) is 18.5 Å². The zero-order valence-electron chi connectivity index (χ0n) is 11.6. The number of carbonyl (C=O) groups is 2. The summed E-state index contributed by atoms with van der Waals surface area (Å²) in [4.78, 5) is 28.4. The van der Waals surface area contributed by atoms with E-state index in [4.69, 9.17) is 11.6 Å². The molecule has 110 valence electrons. The molecule has 0 spiro atoms. The molecule has 21 heavy (non-hydrogen) atoms. The third-order valence-electron chi connectivity index (χ3n) is 2.78. The highest BCUT2D eigenvalue weighted by molar-refractivity contribution is 7.13. The van der Waals surface area contributed by atoms with Crippen molar-refractivity contribution in [2.24, 2.45) is 0 Å². The number of benzene rings is 1. The van der Waals surface area contributed by atoms with Gasteiger partial charge in [-0.25, -0.2) is 4.98 Å². The van der Waals surface area contributed by atoms with Gasteiger partial charge >= 0.3 is 0 Å². The van der Waals surface area contributed by atoms with Gasteiger partial charge in [0.25, 0.3) is 11.8 Å². The summed E-state index contributed by atoms with van der Waals surface area (Å²) in [6.07, 6.45) is 2.32. The van der Waals surface area contributed by atoms with E-state index in [0.29, 0.717) is 21.2 Å². The molecule has 0 saturated carbocycles. The van der Waals surface area contributed by atoms with Crippen LogP contribution in [0.4, 0.5) is 5.69 Å². The van der Waals surface area contributed by atoms with Gasteiger partial charge in [-0.05, 0) is 24.6 Å². The molecular weight excluding hydrogens is 310 g/mol. The molecule has 0 atom stereocenters. The van der Waals surface area contributed by atoms with Crippen molar-refractivity contribution in [3.05, 3.63) is 44.9 Å². The second-order valence-corrected chi connectivity index (χ2v) is 5.72. The molecule has 2 rings (SSSR count). The van der Waals surface area contributed by atoms with Gasteiger partial charge in [0.1, 0.15) is 4.88 Å². The summed E-state index contributed by atoms with van der Waals surface area (Å²) in [7, 11) is 1.54. The van der Waals surface area contributed by atoms with Crippen molar-refractivity contribution in [1.82, 2.24) is 10.3 Å². The van der Waals surface area contributed by atoms with Crippen molar-refractivity contribution in [1.29, 1.82) is 0 Å². The highest BCUT2D eigenvalue weighted by Gasteiger charge is 2.13. The predicted molar refractivity (Wildman–Crippen MR) is 84.3 cm³/mol. The molecule has 2 amide bonds. The van der Waals surface area contributed by atoms with Crippen molar-refractivity contribution < 1.29 is 9.59 Å². The number of halogens is 1. The second kappa shape index (κ2) is 6.69. The molecular formula is C14H14ClN3O2S. The maximum Gasteiger partial charge on any atom is 0.267 e. The number of aryl methyl sites for hydroxylation is 1. The average molecular weight is 324 g/mol. The van der Waals surface area contributed by atoms with Gasteiger partial charge in [-0.15, -0.1) is 11.3 Å². The number of rotatable bonds is 4. The molecule has 0 radical (unpaired) electrons. The maximum atomic E-state index is 12.1.